The molecule has 2 aromatic heterocycles. The number of pyridine rings is 1. The van der Waals surface area contributed by atoms with Crippen LogP contribution in [0.2, 0.25) is 0 Å². The lowest BCUT2D eigenvalue weighted by Gasteiger charge is -2.41. The summed E-state index contributed by atoms with van der Waals surface area (Å²) in [6.45, 7) is 9.48. The Hall–Kier alpha value is -3.75. The van der Waals surface area contributed by atoms with Gasteiger partial charge in [0.2, 0.25) is 5.95 Å². The fourth-order valence-corrected chi connectivity index (χ4v) is 5.16. The van der Waals surface area contributed by atoms with E-state index in [2.05, 4.69) is 33.5 Å². The highest BCUT2D eigenvalue weighted by Gasteiger charge is 2.29. The number of carbonyl (C=O) groups excluding carboxylic acids is 1. The Kier molecular flexibility index (Phi) is 6.47. The van der Waals surface area contributed by atoms with Gasteiger partial charge in [-0.2, -0.15) is 4.98 Å². The van der Waals surface area contributed by atoms with Gasteiger partial charge in [0.1, 0.15) is 23.1 Å². The van der Waals surface area contributed by atoms with Gasteiger partial charge in [-0.1, -0.05) is 6.07 Å². The molecule has 1 amide bonds. The van der Waals surface area contributed by atoms with Crippen molar-refractivity contribution in [2.75, 3.05) is 40.9 Å². The summed E-state index contributed by atoms with van der Waals surface area (Å²) >= 11 is 0. The number of rotatable bonds is 5. The lowest BCUT2D eigenvalue weighted by molar-refractivity contribution is 0.0995. The van der Waals surface area contributed by atoms with Crippen molar-refractivity contribution in [1.82, 2.24) is 15.0 Å². The van der Waals surface area contributed by atoms with Gasteiger partial charge in [-0.05, 0) is 69.5 Å². The molecule has 0 saturated carbocycles. The average molecular weight is 490 g/mol. The van der Waals surface area contributed by atoms with Crippen LogP contribution >= 0.6 is 0 Å². The van der Waals surface area contributed by atoms with E-state index in [9.17, 15) is 9.18 Å². The number of anilines is 3. The molecule has 0 aliphatic carbocycles. The van der Waals surface area contributed by atoms with Gasteiger partial charge >= 0.3 is 0 Å². The molecular formula is C27H32FN7O. The smallest absolute Gasteiger partial charge is 0.267 e. The van der Waals surface area contributed by atoms with E-state index in [4.69, 9.17) is 15.7 Å². The number of nitrogens with zero attached hydrogens (tertiary/aromatic N) is 6. The van der Waals surface area contributed by atoms with Crippen molar-refractivity contribution in [3.63, 3.8) is 0 Å². The zero-order valence-corrected chi connectivity index (χ0v) is 21.0. The molecule has 5 rings (SSSR count). The van der Waals surface area contributed by atoms with Gasteiger partial charge in [0.05, 0.1) is 5.69 Å². The molecule has 188 valence electrons. The summed E-state index contributed by atoms with van der Waals surface area (Å²) < 4.78 is 13.6. The number of piperazine rings is 1. The van der Waals surface area contributed by atoms with E-state index in [-0.39, 0.29) is 17.6 Å². The summed E-state index contributed by atoms with van der Waals surface area (Å²) in [5, 5.41) is 0. The second-order valence-corrected chi connectivity index (χ2v) is 9.79. The lowest BCUT2D eigenvalue weighted by Crippen LogP contribution is -2.53. The maximum atomic E-state index is 13.6. The molecule has 2 N–H and O–H groups in total. The SMILES string of the molecule is Cc1ccc(C(N)=O)nc1N1CCN(c2cc(-c3ccc(F)cc3)nc(N3CCCC3C)n2)C(C)C1. The Morgan fingerprint density at radius 3 is 2.42 bits per heavy atom. The molecule has 2 fully saturated rings. The topological polar surface area (TPSA) is 91.5 Å². The molecule has 2 saturated heterocycles. The van der Waals surface area contributed by atoms with Crippen LogP contribution in [0.25, 0.3) is 11.3 Å². The summed E-state index contributed by atoms with van der Waals surface area (Å²) in [6.07, 6.45) is 2.23. The summed E-state index contributed by atoms with van der Waals surface area (Å²) in [5.41, 5.74) is 8.40. The first-order valence-corrected chi connectivity index (χ1v) is 12.5. The van der Waals surface area contributed by atoms with Crippen molar-refractivity contribution in [3.8, 4) is 11.3 Å². The molecule has 2 aliphatic heterocycles. The number of aryl methyl sites for hydroxylation is 1. The Morgan fingerprint density at radius 1 is 0.972 bits per heavy atom. The van der Waals surface area contributed by atoms with Crippen LogP contribution in [0.5, 0.6) is 0 Å². The zero-order chi connectivity index (χ0) is 25.4. The van der Waals surface area contributed by atoms with Crippen molar-refractivity contribution < 1.29 is 9.18 Å². The molecule has 0 spiro atoms. The number of carbonyl (C=O) groups is 1. The van der Waals surface area contributed by atoms with Crippen LogP contribution in [-0.2, 0) is 0 Å². The van der Waals surface area contributed by atoms with E-state index in [1.165, 1.54) is 12.1 Å². The van der Waals surface area contributed by atoms with E-state index in [1.54, 1.807) is 18.2 Å². The maximum absolute atomic E-state index is 13.6. The Balaban J connectivity index is 1.46. The highest BCUT2D eigenvalue weighted by atomic mass is 19.1. The van der Waals surface area contributed by atoms with Gasteiger partial charge in [0, 0.05) is 49.9 Å². The molecule has 1 aromatic carbocycles. The molecule has 2 aliphatic rings. The number of primary amides is 1. The van der Waals surface area contributed by atoms with Crippen molar-refractivity contribution in [3.05, 3.63) is 59.5 Å². The van der Waals surface area contributed by atoms with Gasteiger partial charge in [-0.25, -0.2) is 14.4 Å². The highest BCUT2D eigenvalue weighted by molar-refractivity contribution is 5.91. The molecule has 3 aromatic rings. The average Bonchev–Trinajstić information content (AvgIpc) is 3.30. The predicted molar refractivity (Wildman–Crippen MR) is 140 cm³/mol. The summed E-state index contributed by atoms with van der Waals surface area (Å²) in [6, 6.07) is 12.5. The molecule has 9 heteroatoms. The van der Waals surface area contributed by atoms with Crippen LogP contribution in [0.1, 0.15) is 42.7 Å². The van der Waals surface area contributed by atoms with E-state index >= 15 is 0 Å². The Morgan fingerprint density at radius 2 is 1.75 bits per heavy atom. The number of halogens is 1. The monoisotopic (exact) mass is 489 g/mol. The zero-order valence-electron chi connectivity index (χ0n) is 21.0. The molecule has 36 heavy (non-hydrogen) atoms. The highest BCUT2D eigenvalue weighted by Crippen LogP contribution is 2.31. The van der Waals surface area contributed by atoms with Crippen LogP contribution in [-0.4, -0.2) is 59.1 Å². The number of benzene rings is 1. The van der Waals surface area contributed by atoms with E-state index in [1.807, 2.05) is 19.1 Å². The molecule has 4 heterocycles. The van der Waals surface area contributed by atoms with Crippen molar-refractivity contribution in [1.29, 1.82) is 0 Å². The van der Waals surface area contributed by atoms with Gasteiger partial charge in [-0.3, -0.25) is 4.79 Å². The summed E-state index contributed by atoms with van der Waals surface area (Å²) in [7, 11) is 0. The largest absolute Gasteiger partial charge is 0.364 e. The second-order valence-electron chi connectivity index (χ2n) is 9.79. The van der Waals surface area contributed by atoms with Crippen LogP contribution in [0.4, 0.5) is 22.0 Å². The van der Waals surface area contributed by atoms with E-state index < -0.39 is 5.91 Å². The maximum Gasteiger partial charge on any atom is 0.267 e. The van der Waals surface area contributed by atoms with Gasteiger partial charge in [-0.15, -0.1) is 0 Å². The molecule has 0 bridgehead atoms. The number of hydrogen-bond donors (Lipinski definition) is 1. The molecule has 8 nitrogen and oxygen atoms in total. The van der Waals surface area contributed by atoms with Gasteiger partial charge < -0.3 is 20.4 Å². The Bertz CT molecular complexity index is 1270. The quantitative estimate of drug-likeness (QED) is 0.583. The van der Waals surface area contributed by atoms with E-state index in [0.717, 1.165) is 73.4 Å². The lowest BCUT2D eigenvalue weighted by atomic mass is 10.1. The minimum absolute atomic E-state index is 0.136. The van der Waals surface area contributed by atoms with Crippen molar-refractivity contribution in [2.45, 2.75) is 45.7 Å². The van der Waals surface area contributed by atoms with Crippen LogP contribution in [0.3, 0.4) is 0 Å². The first kappa shape index (κ1) is 24.0. The number of amides is 1. The minimum atomic E-state index is -0.527. The molecule has 0 radical (unpaired) electrons. The Labute approximate surface area is 211 Å². The summed E-state index contributed by atoms with van der Waals surface area (Å²) in [5.74, 6) is 1.58. The van der Waals surface area contributed by atoms with Crippen LogP contribution < -0.4 is 20.4 Å². The fourth-order valence-electron chi connectivity index (χ4n) is 5.16. The number of nitrogens with two attached hydrogens (primary N) is 1. The van der Waals surface area contributed by atoms with E-state index in [0.29, 0.717) is 6.04 Å². The molecular weight excluding hydrogens is 457 g/mol. The first-order chi connectivity index (χ1) is 17.3. The third kappa shape index (κ3) is 4.69. The van der Waals surface area contributed by atoms with Gasteiger partial charge in [0.25, 0.3) is 5.91 Å². The third-order valence-corrected chi connectivity index (χ3v) is 7.19. The third-order valence-electron chi connectivity index (χ3n) is 7.19. The number of aromatic nitrogens is 3. The van der Waals surface area contributed by atoms with Crippen molar-refractivity contribution in [2.24, 2.45) is 5.73 Å². The first-order valence-electron chi connectivity index (χ1n) is 12.5. The van der Waals surface area contributed by atoms with Crippen molar-refractivity contribution >= 4 is 23.5 Å². The molecule has 2 unspecified atom stereocenters. The van der Waals surface area contributed by atoms with Crippen LogP contribution in [0, 0.1) is 12.7 Å². The standard InChI is InChI=1S/C27H32FN7O/c1-17-6-11-22(25(29)36)30-26(17)33-13-14-34(19(3)16-33)24-15-23(20-7-9-21(28)10-8-20)31-27(32-24)35-12-4-5-18(35)2/h6-11,15,18-19H,4-5,12-14,16H2,1-3H3,(H2,29,36). The normalized spacial score (nSPS) is 20.2. The van der Waals surface area contributed by atoms with Crippen LogP contribution in [0.15, 0.2) is 42.5 Å². The number of hydrogen-bond acceptors (Lipinski definition) is 7. The predicted octanol–water partition coefficient (Wildman–Crippen LogP) is 3.79. The molecule has 2 atom stereocenters. The summed E-state index contributed by atoms with van der Waals surface area (Å²) in [4.78, 5) is 32.9. The fraction of sp³-hybridized carbons (Fsp3) is 0.407. The minimum Gasteiger partial charge on any atom is -0.364 e. The van der Waals surface area contributed by atoms with Gasteiger partial charge in [0.15, 0.2) is 0 Å². The second kappa shape index (κ2) is 9.72.